The van der Waals surface area contributed by atoms with Crippen LogP contribution >= 0.6 is 0 Å². The van der Waals surface area contributed by atoms with Crippen LogP contribution in [-0.4, -0.2) is 36.9 Å². The third-order valence-corrected chi connectivity index (χ3v) is 5.07. The number of rotatable bonds is 5. The zero-order chi connectivity index (χ0) is 19.2. The van der Waals surface area contributed by atoms with Gasteiger partial charge >= 0.3 is 0 Å². The number of carbonyl (C=O) groups is 2. The van der Waals surface area contributed by atoms with Gasteiger partial charge in [0, 0.05) is 6.54 Å². The maximum Gasteiger partial charge on any atom is 0.253 e. The summed E-state index contributed by atoms with van der Waals surface area (Å²) in [6, 6.07) is 16.9. The standard InChI is InChI=1S/C22H27N3O2/c1-16(17-9-4-3-5-10-17)23-22(27)19-12-6-7-13-20(19)24-21(26)18-11-8-14-25(2)15-18/h3-7,9-10,12-13,16,18H,8,11,14-15H2,1-2H3,(H,23,27)(H,24,26)/t16-,18+/m1/s1. The van der Waals surface area contributed by atoms with Crippen molar-refractivity contribution < 1.29 is 9.59 Å². The summed E-state index contributed by atoms with van der Waals surface area (Å²) in [5.74, 6) is -0.246. The number of anilines is 1. The average Bonchev–Trinajstić information content (AvgIpc) is 2.69. The number of amides is 2. The maximum absolute atomic E-state index is 12.8. The first-order chi connectivity index (χ1) is 13.0. The summed E-state index contributed by atoms with van der Waals surface area (Å²) in [6.45, 7) is 3.73. The summed E-state index contributed by atoms with van der Waals surface area (Å²) >= 11 is 0. The molecular formula is C22H27N3O2. The minimum absolute atomic E-state index is 0.0158. The highest BCUT2D eigenvalue weighted by atomic mass is 16.2. The number of carbonyl (C=O) groups excluding carboxylic acids is 2. The molecule has 27 heavy (non-hydrogen) atoms. The predicted octanol–water partition coefficient (Wildman–Crippen LogP) is 3.46. The Morgan fingerprint density at radius 3 is 2.52 bits per heavy atom. The lowest BCUT2D eigenvalue weighted by atomic mass is 9.97. The van der Waals surface area contributed by atoms with Gasteiger partial charge in [-0.1, -0.05) is 42.5 Å². The smallest absolute Gasteiger partial charge is 0.253 e. The van der Waals surface area contributed by atoms with Crippen molar-refractivity contribution in [3.63, 3.8) is 0 Å². The Labute approximate surface area is 160 Å². The van der Waals surface area contributed by atoms with Gasteiger partial charge in [-0.2, -0.15) is 0 Å². The van der Waals surface area contributed by atoms with Crippen LogP contribution in [0.3, 0.4) is 0 Å². The number of nitrogens with one attached hydrogen (secondary N) is 2. The molecule has 0 bridgehead atoms. The Morgan fingerprint density at radius 2 is 1.78 bits per heavy atom. The Bertz CT molecular complexity index is 791. The molecule has 3 rings (SSSR count). The van der Waals surface area contributed by atoms with E-state index in [1.54, 1.807) is 12.1 Å². The highest BCUT2D eigenvalue weighted by Gasteiger charge is 2.25. The quantitative estimate of drug-likeness (QED) is 0.853. The van der Waals surface area contributed by atoms with Crippen LogP contribution in [-0.2, 0) is 4.79 Å². The molecule has 2 aromatic rings. The Balaban J connectivity index is 1.69. The van der Waals surface area contributed by atoms with E-state index >= 15 is 0 Å². The fraction of sp³-hybridized carbons (Fsp3) is 0.364. The molecule has 2 atom stereocenters. The molecule has 0 saturated carbocycles. The van der Waals surface area contributed by atoms with Crippen molar-refractivity contribution in [3.05, 3.63) is 65.7 Å². The predicted molar refractivity (Wildman–Crippen MR) is 108 cm³/mol. The Morgan fingerprint density at radius 1 is 1.07 bits per heavy atom. The normalized spacial score (nSPS) is 18.5. The first kappa shape index (κ1) is 19.1. The number of para-hydroxylation sites is 1. The zero-order valence-corrected chi connectivity index (χ0v) is 15.9. The monoisotopic (exact) mass is 365 g/mol. The maximum atomic E-state index is 12.8. The summed E-state index contributed by atoms with van der Waals surface area (Å²) < 4.78 is 0. The van der Waals surface area contributed by atoms with Crippen LogP contribution in [0.2, 0.25) is 0 Å². The summed E-state index contributed by atoms with van der Waals surface area (Å²) in [6.07, 6.45) is 1.90. The van der Waals surface area contributed by atoms with Gasteiger partial charge in [0.25, 0.3) is 5.91 Å². The molecule has 2 N–H and O–H groups in total. The van der Waals surface area contributed by atoms with E-state index in [1.165, 1.54) is 0 Å². The SMILES string of the molecule is C[C@@H](NC(=O)c1ccccc1NC(=O)[C@H]1CCCN(C)C1)c1ccccc1. The second kappa shape index (κ2) is 8.82. The fourth-order valence-electron chi connectivity index (χ4n) is 3.50. The topological polar surface area (TPSA) is 61.4 Å². The molecule has 0 unspecified atom stereocenters. The van der Waals surface area contributed by atoms with E-state index in [1.807, 2.05) is 56.4 Å². The van der Waals surface area contributed by atoms with E-state index in [4.69, 9.17) is 0 Å². The second-order valence-corrected chi connectivity index (χ2v) is 7.24. The van der Waals surface area contributed by atoms with Gasteiger partial charge in [0.05, 0.1) is 23.2 Å². The number of hydrogen-bond acceptors (Lipinski definition) is 3. The van der Waals surface area contributed by atoms with E-state index in [0.29, 0.717) is 11.3 Å². The first-order valence-corrected chi connectivity index (χ1v) is 9.49. The molecule has 5 heteroatoms. The van der Waals surface area contributed by atoms with Crippen LogP contribution in [0.1, 0.15) is 41.7 Å². The Hall–Kier alpha value is -2.66. The highest BCUT2D eigenvalue weighted by molar-refractivity contribution is 6.04. The van der Waals surface area contributed by atoms with Crippen molar-refractivity contribution in [2.24, 2.45) is 5.92 Å². The summed E-state index contributed by atoms with van der Waals surface area (Å²) in [4.78, 5) is 27.6. The molecule has 0 radical (unpaired) electrons. The molecule has 1 aliphatic rings. The van der Waals surface area contributed by atoms with Gasteiger partial charge in [0.1, 0.15) is 0 Å². The van der Waals surface area contributed by atoms with E-state index < -0.39 is 0 Å². The molecule has 0 aromatic heterocycles. The highest BCUT2D eigenvalue weighted by Crippen LogP contribution is 2.21. The van der Waals surface area contributed by atoms with Crippen LogP contribution in [0, 0.1) is 5.92 Å². The van der Waals surface area contributed by atoms with Gasteiger partial charge in [-0.15, -0.1) is 0 Å². The van der Waals surface area contributed by atoms with Crippen LogP contribution < -0.4 is 10.6 Å². The van der Waals surface area contributed by atoms with Crippen molar-refractivity contribution >= 4 is 17.5 Å². The van der Waals surface area contributed by atoms with Gasteiger partial charge in [0.2, 0.25) is 5.91 Å². The van der Waals surface area contributed by atoms with Crippen molar-refractivity contribution in [2.75, 3.05) is 25.5 Å². The lowest BCUT2D eigenvalue weighted by Gasteiger charge is -2.29. The Kier molecular flexibility index (Phi) is 6.24. The van der Waals surface area contributed by atoms with Crippen molar-refractivity contribution in [1.29, 1.82) is 0 Å². The second-order valence-electron chi connectivity index (χ2n) is 7.24. The number of hydrogen-bond donors (Lipinski definition) is 2. The lowest BCUT2D eigenvalue weighted by Crippen LogP contribution is -2.38. The van der Waals surface area contributed by atoms with Crippen LogP contribution in [0.25, 0.3) is 0 Å². The average molecular weight is 365 g/mol. The van der Waals surface area contributed by atoms with Crippen molar-refractivity contribution in [3.8, 4) is 0 Å². The van der Waals surface area contributed by atoms with Gasteiger partial charge in [-0.25, -0.2) is 0 Å². The summed E-state index contributed by atoms with van der Waals surface area (Å²) in [7, 11) is 2.03. The van der Waals surface area contributed by atoms with E-state index in [2.05, 4.69) is 15.5 Å². The molecule has 142 valence electrons. The van der Waals surface area contributed by atoms with Crippen molar-refractivity contribution in [2.45, 2.75) is 25.8 Å². The minimum atomic E-state index is -0.192. The summed E-state index contributed by atoms with van der Waals surface area (Å²) in [5.41, 5.74) is 2.09. The first-order valence-electron chi connectivity index (χ1n) is 9.49. The lowest BCUT2D eigenvalue weighted by molar-refractivity contribution is -0.121. The summed E-state index contributed by atoms with van der Waals surface area (Å²) in [5, 5.41) is 5.98. The molecule has 2 aromatic carbocycles. The molecular weight excluding hydrogens is 338 g/mol. The third-order valence-electron chi connectivity index (χ3n) is 5.07. The van der Waals surface area contributed by atoms with E-state index in [0.717, 1.165) is 31.5 Å². The number of likely N-dealkylation sites (tertiary alicyclic amines) is 1. The van der Waals surface area contributed by atoms with Crippen LogP contribution in [0.15, 0.2) is 54.6 Å². The number of nitrogens with zero attached hydrogens (tertiary/aromatic N) is 1. The van der Waals surface area contributed by atoms with Gasteiger partial charge < -0.3 is 15.5 Å². The van der Waals surface area contributed by atoms with Gasteiger partial charge in [-0.3, -0.25) is 9.59 Å². The minimum Gasteiger partial charge on any atom is -0.345 e. The zero-order valence-electron chi connectivity index (χ0n) is 15.9. The molecule has 0 aliphatic carbocycles. The molecule has 1 fully saturated rings. The molecule has 2 amide bonds. The number of benzene rings is 2. The van der Waals surface area contributed by atoms with Gasteiger partial charge in [-0.05, 0) is 51.1 Å². The molecule has 1 saturated heterocycles. The van der Waals surface area contributed by atoms with Crippen LogP contribution in [0.5, 0.6) is 0 Å². The van der Waals surface area contributed by atoms with Gasteiger partial charge in [0.15, 0.2) is 0 Å². The molecule has 1 aliphatic heterocycles. The van der Waals surface area contributed by atoms with E-state index in [9.17, 15) is 9.59 Å². The number of piperidine rings is 1. The fourth-order valence-corrected chi connectivity index (χ4v) is 3.50. The largest absolute Gasteiger partial charge is 0.345 e. The van der Waals surface area contributed by atoms with Crippen LogP contribution in [0.4, 0.5) is 5.69 Å². The molecule has 0 spiro atoms. The van der Waals surface area contributed by atoms with E-state index in [-0.39, 0.29) is 23.8 Å². The third kappa shape index (κ3) is 4.95. The molecule has 5 nitrogen and oxygen atoms in total. The van der Waals surface area contributed by atoms with Crippen molar-refractivity contribution in [1.82, 2.24) is 10.2 Å². The molecule has 1 heterocycles.